The molecule has 0 aliphatic heterocycles. The summed E-state index contributed by atoms with van der Waals surface area (Å²) in [7, 11) is 0. The minimum Gasteiger partial charge on any atom is -0.508 e. The number of benzene rings is 2. The monoisotopic (exact) mass is 318 g/mol. The first-order valence-corrected chi connectivity index (χ1v) is 7.41. The lowest BCUT2D eigenvalue weighted by atomic mass is 9.98. The summed E-state index contributed by atoms with van der Waals surface area (Å²) in [6.07, 6.45) is 0. The van der Waals surface area contributed by atoms with E-state index in [1.54, 1.807) is 43.3 Å². The van der Waals surface area contributed by atoms with Crippen molar-refractivity contribution in [1.82, 2.24) is 0 Å². The number of carbonyl (C=O) groups excluding carboxylic acids is 1. The number of nitrogens with one attached hydrogen (secondary N) is 2. The summed E-state index contributed by atoms with van der Waals surface area (Å²) in [4.78, 5) is 12.1. The summed E-state index contributed by atoms with van der Waals surface area (Å²) in [5, 5.41) is 16.0. The number of anilines is 2. The molecule has 3 N–H and O–H groups in total. The van der Waals surface area contributed by atoms with Crippen LogP contribution in [0.4, 0.5) is 16.2 Å². The van der Waals surface area contributed by atoms with Gasteiger partial charge in [0.25, 0.3) is 0 Å². The van der Waals surface area contributed by atoms with Crippen LogP contribution in [0.15, 0.2) is 36.4 Å². The Morgan fingerprint density at radius 3 is 2.36 bits per heavy atom. The van der Waals surface area contributed by atoms with E-state index in [4.69, 9.17) is 11.6 Å². The summed E-state index contributed by atoms with van der Waals surface area (Å²) in [6, 6.07) is 10.0. The van der Waals surface area contributed by atoms with Crippen LogP contribution < -0.4 is 10.6 Å². The van der Waals surface area contributed by atoms with Crippen molar-refractivity contribution in [2.45, 2.75) is 26.7 Å². The van der Waals surface area contributed by atoms with E-state index in [-0.39, 0.29) is 17.7 Å². The van der Waals surface area contributed by atoms with Crippen molar-refractivity contribution in [2.24, 2.45) is 0 Å². The Bertz CT molecular complexity index is 682. The molecule has 0 fully saturated rings. The number of aryl methyl sites for hydroxylation is 1. The molecule has 0 saturated heterocycles. The van der Waals surface area contributed by atoms with Crippen molar-refractivity contribution in [1.29, 1.82) is 0 Å². The maximum Gasteiger partial charge on any atom is 0.323 e. The van der Waals surface area contributed by atoms with Crippen molar-refractivity contribution in [2.75, 3.05) is 10.6 Å². The molecule has 0 unspecified atom stereocenters. The van der Waals surface area contributed by atoms with E-state index < -0.39 is 0 Å². The molecule has 116 valence electrons. The molecule has 5 heteroatoms. The predicted molar refractivity (Wildman–Crippen MR) is 91.0 cm³/mol. The molecule has 22 heavy (non-hydrogen) atoms. The molecule has 0 bridgehead atoms. The van der Waals surface area contributed by atoms with Crippen LogP contribution in [0.1, 0.15) is 30.9 Å². The number of carbonyl (C=O) groups is 1. The molecular weight excluding hydrogens is 300 g/mol. The van der Waals surface area contributed by atoms with Crippen molar-refractivity contribution < 1.29 is 9.90 Å². The molecule has 0 atom stereocenters. The largest absolute Gasteiger partial charge is 0.508 e. The first-order valence-electron chi connectivity index (χ1n) is 7.04. The van der Waals surface area contributed by atoms with E-state index in [0.717, 1.165) is 5.56 Å². The lowest BCUT2D eigenvalue weighted by molar-refractivity contribution is 0.262. The van der Waals surface area contributed by atoms with Crippen molar-refractivity contribution in [3.05, 3.63) is 52.5 Å². The molecule has 0 saturated carbocycles. The van der Waals surface area contributed by atoms with Crippen molar-refractivity contribution >= 4 is 29.0 Å². The Kier molecular flexibility index (Phi) is 4.93. The van der Waals surface area contributed by atoms with Gasteiger partial charge in [-0.2, -0.15) is 0 Å². The van der Waals surface area contributed by atoms with E-state index in [9.17, 15) is 9.90 Å². The SMILES string of the molecule is Cc1cc(NC(=O)Nc2ccc(Cl)cc2)c(C(C)C)cc1O. The lowest BCUT2D eigenvalue weighted by Gasteiger charge is -2.16. The Labute approximate surface area is 135 Å². The maximum atomic E-state index is 12.1. The first-order chi connectivity index (χ1) is 10.4. The maximum absolute atomic E-state index is 12.1. The van der Waals surface area contributed by atoms with E-state index in [0.29, 0.717) is 22.0 Å². The van der Waals surface area contributed by atoms with Crippen LogP contribution in [0.2, 0.25) is 5.02 Å². The fourth-order valence-electron chi connectivity index (χ4n) is 2.12. The quantitative estimate of drug-likeness (QED) is 0.688. The van der Waals surface area contributed by atoms with Crippen molar-refractivity contribution in [3.63, 3.8) is 0 Å². The molecule has 0 heterocycles. The molecule has 2 rings (SSSR count). The second-order valence-electron chi connectivity index (χ2n) is 5.47. The molecule has 2 aromatic rings. The number of hydrogen-bond donors (Lipinski definition) is 3. The highest BCUT2D eigenvalue weighted by Gasteiger charge is 2.12. The third-order valence-electron chi connectivity index (χ3n) is 3.34. The molecule has 0 radical (unpaired) electrons. The van der Waals surface area contributed by atoms with E-state index in [1.165, 1.54) is 0 Å². The number of rotatable bonds is 3. The van der Waals surface area contributed by atoms with Crippen LogP contribution in [0.3, 0.4) is 0 Å². The molecule has 0 aliphatic carbocycles. The van der Waals surface area contributed by atoms with Crippen LogP contribution in [0, 0.1) is 6.92 Å². The standard InChI is InChI=1S/C17H19ClN2O2/c1-10(2)14-9-16(21)11(3)8-15(14)20-17(22)19-13-6-4-12(18)5-7-13/h4-10,21H,1-3H3,(H2,19,20,22). The number of halogens is 1. The van der Waals surface area contributed by atoms with Gasteiger partial charge in [0.1, 0.15) is 5.75 Å². The summed E-state index contributed by atoms with van der Waals surface area (Å²) in [6.45, 7) is 5.81. The van der Waals surface area contributed by atoms with Gasteiger partial charge in [-0.15, -0.1) is 0 Å². The Balaban J connectivity index is 2.17. The van der Waals surface area contributed by atoms with Crippen LogP contribution in [0.5, 0.6) is 5.75 Å². The zero-order valence-electron chi connectivity index (χ0n) is 12.8. The third-order valence-corrected chi connectivity index (χ3v) is 3.59. The fourth-order valence-corrected chi connectivity index (χ4v) is 2.24. The van der Waals surface area contributed by atoms with Gasteiger partial charge in [0.15, 0.2) is 0 Å². The molecule has 0 aliphatic rings. The van der Waals surface area contributed by atoms with Gasteiger partial charge in [-0.25, -0.2) is 4.79 Å². The summed E-state index contributed by atoms with van der Waals surface area (Å²) in [5.41, 5.74) is 2.95. The number of hydrogen-bond acceptors (Lipinski definition) is 2. The molecule has 0 spiro atoms. The van der Waals surface area contributed by atoms with Gasteiger partial charge < -0.3 is 15.7 Å². The zero-order chi connectivity index (χ0) is 16.3. The van der Waals surface area contributed by atoms with E-state index in [2.05, 4.69) is 10.6 Å². The Hall–Kier alpha value is -2.20. The molecule has 4 nitrogen and oxygen atoms in total. The van der Waals surface area contributed by atoms with Gasteiger partial charge in [-0.3, -0.25) is 0 Å². The van der Waals surface area contributed by atoms with Gasteiger partial charge in [0.05, 0.1) is 0 Å². The minimum absolute atomic E-state index is 0.178. The summed E-state index contributed by atoms with van der Waals surface area (Å²) < 4.78 is 0. The molecule has 2 amide bonds. The Morgan fingerprint density at radius 1 is 1.14 bits per heavy atom. The van der Waals surface area contributed by atoms with Crippen molar-refractivity contribution in [3.8, 4) is 5.75 Å². The van der Waals surface area contributed by atoms with E-state index >= 15 is 0 Å². The number of amides is 2. The Morgan fingerprint density at radius 2 is 1.77 bits per heavy atom. The number of urea groups is 1. The highest BCUT2D eigenvalue weighted by molar-refractivity contribution is 6.30. The van der Waals surface area contributed by atoms with E-state index in [1.807, 2.05) is 13.8 Å². The van der Waals surface area contributed by atoms with Gasteiger partial charge in [0, 0.05) is 16.4 Å². The third kappa shape index (κ3) is 3.92. The fraction of sp³-hybridized carbons (Fsp3) is 0.235. The van der Waals surface area contributed by atoms with Crippen LogP contribution in [-0.4, -0.2) is 11.1 Å². The van der Waals surface area contributed by atoms with Gasteiger partial charge in [-0.05, 0) is 60.4 Å². The smallest absolute Gasteiger partial charge is 0.323 e. The summed E-state index contributed by atoms with van der Waals surface area (Å²) in [5.74, 6) is 0.407. The van der Waals surface area contributed by atoms with Crippen LogP contribution >= 0.6 is 11.6 Å². The minimum atomic E-state index is -0.339. The zero-order valence-corrected chi connectivity index (χ0v) is 13.5. The average Bonchev–Trinajstić information content (AvgIpc) is 2.44. The second-order valence-corrected chi connectivity index (χ2v) is 5.90. The highest BCUT2D eigenvalue weighted by Crippen LogP contribution is 2.31. The second kappa shape index (κ2) is 6.71. The number of phenolic OH excluding ortho intramolecular Hbond substituents is 1. The average molecular weight is 319 g/mol. The predicted octanol–water partition coefficient (Wildman–Crippen LogP) is 5.12. The van der Waals surface area contributed by atoms with Gasteiger partial charge >= 0.3 is 6.03 Å². The highest BCUT2D eigenvalue weighted by atomic mass is 35.5. The topological polar surface area (TPSA) is 61.4 Å². The molecular formula is C17H19ClN2O2. The van der Waals surface area contributed by atoms with Gasteiger partial charge in [0.2, 0.25) is 0 Å². The lowest BCUT2D eigenvalue weighted by Crippen LogP contribution is -2.20. The number of aromatic hydroxyl groups is 1. The first kappa shape index (κ1) is 16.2. The normalized spacial score (nSPS) is 10.6. The molecule has 2 aromatic carbocycles. The summed E-state index contributed by atoms with van der Waals surface area (Å²) >= 11 is 5.81. The van der Waals surface area contributed by atoms with Gasteiger partial charge in [-0.1, -0.05) is 25.4 Å². The van der Waals surface area contributed by atoms with Crippen LogP contribution in [-0.2, 0) is 0 Å². The van der Waals surface area contributed by atoms with Crippen LogP contribution in [0.25, 0.3) is 0 Å². The molecule has 0 aromatic heterocycles. The number of phenols is 1.